The summed E-state index contributed by atoms with van der Waals surface area (Å²) < 4.78 is 0. The van der Waals surface area contributed by atoms with Gasteiger partial charge < -0.3 is 12.4 Å². The van der Waals surface area contributed by atoms with Gasteiger partial charge in [0.25, 0.3) is 0 Å². The average molecular weight is 477 g/mol. The van der Waals surface area contributed by atoms with Crippen molar-refractivity contribution in [3.05, 3.63) is 0 Å². The topological polar surface area (TPSA) is 0 Å². The fourth-order valence-corrected chi connectivity index (χ4v) is 0. The molecule has 0 saturated heterocycles. The van der Waals surface area contributed by atoms with Crippen molar-refractivity contribution in [2.24, 2.45) is 0 Å². The predicted octanol–water partition coefficient (Wildman–Crippen LogP) is -2.93. The van der Waals surface area contributed by atoms with Crippen LogP contribution in [0.25, 0.3) is 0 Å². The van der Waals surface area contributed by atoms with E-state index in [-0.39, 0.29) is 115 Å². The Labute approximate surface area is 166 Å². The molecule has 0 aromatic heterocycles. The molecule has 0 heterocycles. The quantitative estimate of drug-likeness (QED) is 0.328. The van der Waals surface area contributed by atoms with Gasteiger partial charge in [0.1, 0.15) is 0 Å². The van der Waals surface area contributed by atoms with Crippen LogP contribution in [-0.4, -0.2) is 51.4 Å². The number of rotatable bonds is 0. The molecule has 9 heavy (non-hydrogen) atoms. The number of hydrogen-bond acceptors (Lipinski definition) is 0. The predicted molar refractivity (Wildman–Crippen MR) is 35.0 cm³/mol. The Balaban J connectivity index is -0.0000000417. The molecule has 0 aliphatic carbocycles. The summed E-state index contributed by atoms with van der Waals surface area (Å²) in [6.07, 6.45) is 0. The van der Waals surface area contributed by atoms with Crippen molar-refractivity contribution < 1.29 is 73.0 Å². The van der Waals surface area contributed by atoms with Crippen LogP contribution in [-0.2, 0) is 9.21 Å². The largest absolute Gasteiger partial charge is 1.00 e. The molecular formula is Cl6K2Re. The van der Waals surface area contributed by atoms with Crippen LogP contribution >= 0.6 is 47.6 Å². The van der Waals surface area contributed by atoms with Gasteiger partial charge in [0.2, 0.25) is 0 Å². The van der Waals surface area contributed by atoms with Crippen LogP contribution in [0.2, 0.25) is 0 Å². The van der Waals surface area contributed by atoms with Crippen molar-refractivity contribution in [2.45, 2.75) is 0 Å². The first kappa shape index (κ1) is 24.1. The van der Waals surface area contributed by atoms with Crippen LogP contribution in [0.4, 0.5) is 0 Å². The molecule has 0 amide bonds. The van der Waals surface area contributed by atoms with Gasteiger partial charge in [0.05, 0.1) is 0 Å². The van der Waals surface area contributed by atoms with Gasteiger partial charge in [-0.05, 0) is 0 Å². The second kappa shape index (κ2) is 8.94. The van der Waals surface area contributed by atoms with Gasteiger partial charge in [-0.1, -0.05) is 0 Å². The summed E-state index contributed by atoms with van der Waals surface area (Å²) in [5, 5.41) is 0. The Morgan fingerprint density at radius 2 is 0.778 bits per heavy atom. The molecule has 0 aromatic rings. The normalized spacial score (nSPS) is 12.8. The molecule has 0 unspecified atom stereocenters. The van der Waals surface area contributed by atoms with Gasteiger partial charge in [-0.15, -0.1) is 0 Å². The maximum absolute atomic E-state index is 5.05. The molecular weight excluding hydrogens is 477 g/mol. The number of hydrogen-bond donors (Lipinski definition) is 0. The molecule has 0 bridgehead atoms. The first-order valence-electron chi connectivity index (χ1n) is 0.714. The zero-order valence-corrected chi connectivity index (χ0v) is 18.1. The Hall–Kier alpha value is 5.68. The standard InChI is InChI=1S/6ClH.2K.Re/h6*1H;;;/q;;;;;;;+1;+5/p-6. The molecule has 1 radical (unpaired) electrons. The summed E-state index contributed by atoms with van der Waals surface area (Å²) >= 11 is 0. The molecule has 0 aromatic carbocycles. The average Bonchev–Trinajstić information content (AvgIpc) is 0.650. The molecule has 0 saturated carbocycles. The first-order chi connectivity index (χ1) is 2.24. The minimum atomic E-state index is -4.34. The molecule has 0 atom stereocenters. The maximum Gasteiger partial charge on any atom is 1.00 e. The van der Waals surface area contributed by atoms with Crippen molar-refractivity contribution in [2.75, 3.05) is 0 Å². The van der Waals surface area contributed by atoms with E-state index in [1.165, 1.54) is 0 Å². The zero-order valence-electron chi connectivity index (χ0n) is 4.65. The third-order valence-electron chi connectivity index (χ3n) is 0. The van der Waals surface area contributed by atoms with Crippen LogP contribution in [0.3, 0.4) is 0 Å². The summed E-state index contributed by atoms with van der Waals surface area (Å²) in [4.78, 5) is 0. The third kappa shape index (κ3) is 57.9. The van der Waals surface area contributed by atoms with E-state index >= 15 is 0 Å². The van der Waals surface area contributed by atoms with Crippen molar-refractivity contribution in [1.82, 2.24) is 0 Å². The summed E-state index contributed by atoms with van der Waals surface area (Å²) in [5.74, 6) is 0. The van der Waals surface area contributed by atoms with Crippen LogP contribution in [0.1, 0.15) is 0 Å². The van der Waals surface area contributed by atoms with Crippen molar-refractivity contribution in [3.8, 4) is 0 Å². The van der Waals surface area contributed by atoms with E-state index in [4.69, 9.17) is 47.6 Å². The molecule has 51 valence electrons. The number of halogens is 6. The first-order valence-corrected chi connectivity index (χ1v) is 17.5. The monoisotopic (exact) mass is 475 g/mol. The fourth-order valence-electron chi connectivity index (χ4n) is 0. The van der Waals surface area contributed by atoms with Gasteiger partial charge in [0, 0.05) is 51.4 Å². The van der Waals surface area contributed by atoms with E-state index in [9.17, 15) is 0 Å². The SMILES string of the molecule is [Cl-].[Cl][Re]([Cl])([Cl])([Cl])[Cl].[K+].[K]. The van der Waals surface area contributed by atoms with E-state index in [0.717, 1.165) is 0 Å². The minimum absolute atomic E-state index is 0. The molecule has 0 aliphatic heterocycles. The van der Waals surface area contributed by atoms with Crippen molar-refractivity contribution >= 4 is 99.0 Å². The van der Waals surface area contributed by atoms with Gasteiger partial charge in [0.15, 0.2) is 0 Å². The molecule has 0 nitrogen and oxygen atoms in total. The van der Waals surface area contributed by atoms with Gasteiger partial charge in [-0.2, -0.15) is 0 Å². The molecule has 0 rings (SSSR count). The van der Waals surface area contributed by atoms with E-state index in [2.05, 4.69) is 0 Å². The van der Waals surface area contributed by atoms with Crippen LogP contribution in [0.15, 0.2) is 0 Å². The second-order valence-electron chi connectivity index (χ2n) is 0.540. The molecule has 0 fully saturated rings. The van der Waals surface area contributed by atoms with Crippen molar-refractivity contribution in [1.29, 1.82) is 0 Å². The van der Waals surface area contributed by atoms with Crippen LogP contribution in [0.5, 0.6) is 0 Å². The molecule has 0 N–H and O–H groups in total. The van der Waals surface area contributed by atoms with Crippen molar-refractivity contribution in [3.63, 3.8) is 0 Å². The molecule has 9 heteroatoms. The van der Waals surface area contributed by atoms with E-state index in [0.29, 0.717) is 0 Å². The summed E-state index contributed by atoms with van der Waals surface area (Å²) in [7, 11) is 20.9. The molecule has 0 spiro atoms. The second-order valence-corrected chi connectivity index (χ2v) is 39.8. The maximum atomic E-state index is 5.05. The van der Waals surface area contributed by atoms with E-state index in [1.54, 1.807) is 0 Å². The summed E-state index contributed by atoms with van der Waals surface area (Å²) in [5.41, 5.74) is 0. The van der Waals surface area contributed by atoms with Gasteiger partial charge >= 0.3 is 108 Å². The van der Waals surface area contributed by atoms with Crippen LogP contribution < -0.4 is 63.8 Å². The summed E-state index contributed by atoms with van der Waals surface area (Å²) in [6, 6.07) is 0. The van der Waals surface area contributed by atoms with Gasteiger partial charge in [-0.25, -0.2) is 0 Å². The smallest absolute Gasteiger partial charge is 0 e. The zero-order chi connectivity index (χ0) is 5.45. The minimum Gasteiger partial charge on any atom is 0 e. The molecule has 0 aliphatic rings. The Morgan fingerprint density at radius 3 is 0.778 bits per heavy atom. The Kier molecular flexibility index (Phi) is 23.9. The van der Waals surface area contributed by atoms with Gasteiger partial charge in [-0.3, -0.25) is 0 Å². The van der Waals surface area contributed by atoms with E-state index in [1.807, 2.05) is 0 Å². The fraction of sp³-hybridized carbons (Fsp3) is 0. The Bertz CT molecular complexity index is 44.2. The Morgan fingerprint density at radius 1 is 0.778 bits per heavy atom. The third-order valence-corrected chi connectivity index (χ3v) is 0. The van der Waals surface area contributed by atoms with Crippen LogP contribution in [0, 0.1) is 0 Å². The van der Waals surface area contributed by atoms with E-state index < -0.39 is 9.21 Å². The summed E-state index contributed by atoms with van der Waals surface area (Å²) in [6.45, 7) is 0.